The van der Waals surface area contributed by atoms with Crippen molar-refractivity contribution in [2.45, 2.75) is 42.2 Å². The monoisotopic (exact) mass is 412 g/mol. The Morgan fingerprint density at radius 2 is 0.958 bits per heavy atom. The Morgan fingerprint density at radius 3 is 1.29 bits per heavy atom. The predicted octanol–water partition coefficient (Wildman–Crippen LogP) is 5.33. The largest absolute Gasteiger partial charge is 0.460 e. The van der Waals surface area contributed by atoms with Gasteiger partial charge in [-0.3, -0.25) is 0 Å². The lowest BCUT2D eigenvalue weighted by Crippen LogP contribution is -2.70. The molecular weight excluding hydrogens is 407 g/mol. The first kappa shape index (κ1) is 23.3. The molecule has 0 unspecified atom stereocenters. The van der Waals surface area contributed by atoms with Gasteiger partial charge in [-0.15, -0.1) is 0 Å². The number of rotatable bonds is 8. The molecule has 0 heterocycles. The lowest BCUT2D eigenvalue weighted by molar-refractivity contribution is -0.440. The summed E-state index contributed by atoms with van der Waals surface area (Å²) < 4.78 is 168. The fourth-order valence-electron chi connectivity index (χ4n) is 1.21. The van der Waals surface area contributed by atoms with Gasteiger partial charge in [0.05, 0.1) is 6.61 Å². The Bertz CT molecular complexity index is 430. The molecule has 1 nitrogen and oxygen atoms in total. The summed E-state index contributed by atoms with van der Waals surface area (Å²) in [5.41, 5.74) is 0. The summed E-state index contributed by atoms with van der Waals surface area (Å²) >= 11 is 4.77. The van der Waals surface area contributed by atoms with Gasteiger partial charge in [0, 0.05) is 6.42 Å². The third kappa shape index (κ3) is 3.48. The van der Waals surface area contributed by atoms with Gasteiger partial charge in [0.15, 0.2) is 0 Å². The number of ether oxygens (including phenoxy) is 1. The van der Waals surface area contributed by atoms with Gasteiger partial charge in [0.25, 0.3) is 0 Å². The Kier molecular flexibility index (Phi) is 6.39. The number of alkyl halides is 14. The summed E-state index contributed by atoms with van der Waals surface area (Å²) in [5, 5.41) is 0. The first-order chi connectivity index (χ1) is 10.3. The van der Waals surface area contributed by atoms with Gasteiger partial charge < -0.3 is 4.74 Å². The molecule has 0 aromatic rings. The molecule has 146 valence electrons. The van der Waals surface area contributed by atoms with Crippen molar-refractivity contribution in [2.24, 2.45) is 0 Å². The van der Waals surface area contributed by atoms with E-state index in [9.17, 15) is 57.1 Å². The van der Waals surface area contributed by atoms with E-state index in [1.807, 2.05) is 0 Å². The maximum atomic E-state index is 13.1. The van der Waals surface area contributed by atoms with Crippen molar-refractivity contribution in [1.29, 1.82) is 0 Å². The predicted molar refractivity (Wildman–Crippen MR) is 52.1 cm³/mol. The minimum atomic E-state index is -7.88. The van der Waals surface area contributed by atoms with Crippen molar-refractivity contribution in [1.82, 2.24) is 0 Å². The van der Waals surface area contributed by atoms with Crippen LogP contribution in [0.4, 0.5) is 57.1 Å². The van der Waals surface area contributed by atoms with Gasteiger partial charge in [-0.2, -0.15) is 57.1 Å². The standard InChI is InChI=1S/C9H6ClF13O/c10-3-24-2-1-4(11,12)5(13,14)6(15,16)7(17,18)8(19,20)9(21,22)23/h1-3H2. The maximum Gasteiger partial charge on any atom is 0.460 e. The van der Waals surface area contributed by atoms with Crippen LogP contribution in [0.25, 0.3) is 0 Å². The molecule has 0 radical (unpaired) electrons. The molecule has 0 amide bonds. The zero-order valence-electron chi connectivity index (χ0n) is 10.8. The van der Waals surface area contributed by atoms with Gasteiger partial charge >= 0.3 is 35.8 Å². The molecule has 0 rings (SSSR count). The molecule has 0 spiro atoms. The van der Waals surface area contributed by atoms with E-state index in [1.54, 1.807) is 0 Å². The van der Waals surface area contributed by atoms with Crippen molar-refractivity contribution in [3.8, 4) is 0 Å². The van der Waals surface area contributed by atoms with Gasteiger partial charge in [0.2, 0.25) is 0 Å². The third-order valence-corrected chi connectivity index (χ3v) is 2.79. The smallest absolute Gasteiger partial charge is 0.366 e. The van der Waals surface area contributed by atoms with Crippen LogP contribution in [0.2, 0.25) is 0 Å². The molecule has 0 fully saturated rings. The van der Waals surface area contributed by atoms with Crippen LogP contribution in [-0.4, -0.2) is 48.5 Å². The molecule has 0 aliphatic heterocycles. The molecule has 0 bridgehead atoms. The molecule has 0 saturated carbocycles. The first-order valence-corrected chi connectivity index (χ1v) is 5.94. The van der Waals surface area contributed by atoms with Crippen LogP contribution in [0.15, 0.2) is 0 Å². The van der Waals surface area contributed by atoms with Crippen LogP contribution in [0.1, 0.15) is 6.42 Å². The van der Waals surface area contributed by atoms with E-state index < -0.39 is 54.9 Å². The van der Waals surface area contributed by atoms with Gasteiger partial charge in [-0.05, 0) is 0 Å². The second-order valence-electron chi connectivity index (χ2n) is 4.27. The molecule has 0 aliphatic carbocycles. The lowest BCUT2D eigenvalue weighted by atomic mass is 9.93. The van der Waals surface area contributed by atoms with E-state index in [0.29, 0.717) is 0 Å². The topological polar surface area (TPSA) is 9.23 Å². The number of hydrogen-bond acceptors (Lipinski definition) is 1. The van der Waals surface area contributed by atoms with Crippen LogP contribution in [0, 0.1) is 0 Å². The summed E-state index contributed by atoms with van der Waals surface area (Å²) in [6, 6.07) is -0.902. The minimum absolute atomic E-state index is 0.902. The van der Waals surface area contributed by atoms with Gasteiger partial charge in [-0.25, -0.2) is 0 Å². The zero-order valence-corrected chi connectivity index (χ0v) is 11.6. The SMILES string of the molecule is FC(F)(F)C(F)(F)C(F)(F)C(F)(F)C(F)(F)C(F)(F)CCOCCl. The second kappa shape index (κ2) is 6.57. The highest BCUT2D eigenvalue weighted by atomic mass is 35.5. The normalized spacial score (nSPS) is 15.8. The van der Waals surface area contributed by atoms with E-state index in [4.69, 9.17) is 11.6 Å². The Morgan fingerprint density at radius 1 is 0.583 bits per heavy atom. The minimum Gasteiger partial charge on any atom is -0.366 e. The molecular formula is C9H6ClF13O. The molecule has 0 aromatic carbocycles. The van der Waals surface area contributed by atoms with Crippen molar-refractivity contribution < 1.29 is 61.8 Å². The average molecular weight is 413 g/mol. The van der Waals surface area contributed by atoms with Crippen molar-refractivity contribution >= 4 is 11.6 Å². The molecule has 0 aromatic heterocycles. The van der Waals surface area contributed by atoms with E-state index in [-0.39, 0.29) is 0 Å². The number of halogens is 14. The van der Waals surface area contributed by atoms with E-state index in [0.717, 1.165) is 0 Å². The average Bonchev–Trinajstić information content (AvgIpc) is 2.36. The second-order valence-corrected chi connectivity index (χ2v) is 4.49. The quantitative estimate of drug-likeness (QED) is 0.297. The van der Waals surface area contributed by atoms with E-state index >= 15 is 0 Å². The van der Waals surface area contributed by atoms with Crippen LogP contribution in [0.5, 0.6) is 0 Å². The highest BCUT2D eigenvalue weighted by Gasteiger charge is 2.90. The number of hydrogen-bond donors (Lipinski definition) is 0. The summed E-state index contributed by atoms with van der Waals surface area (Å²) in [5.74, 6) is -36.7. The van der Waals surface area contributed by atoms with Crippen LogP contribution in [-0.2, 0) is 4.74 Å². The molecule has 0 atom stereocenters. The zero-order chi connectivity index (χ0) is 19.8. The summed E-state index contributed by atoms with van der Waals surface area (Å²) in [7, 11) is 0. The fourth-order valence-corrected chi connectivity index (χ4v) is 1.32. The van der Waals surface area contributed by atoms with Gasteiger partial charge in [-0.1, -0.05) is 11.6 Å². The van der Waals surface area contributed by atoms with Crippen molar-refractivity contribution in [2.75, 3.05) is 12.7 Å². The van der Waals surface area contributed by atoms with E-state index in [2.05, 4.69) is 4.74 Å². The molecule has 0 N–H and O–H groups in total. The Labute approximate surface area is 129 Å². The fraction of sp³-hybridized carbons (Fsp3) is 1.00. The summed E-state index contributed by atoms with van der Waals surface area (Å²) in [6.07, 6.45) is -9.82. The maximum absolute atomic E-state index is 13.1. The van der Waals surface area contributed by atoms with Crippen molar-refractivity contribution in [3.05, 3.63) is 0 Å². The Balaban J connectivity index is 5.92. The molecule has 15 heteroatoms. The van der Waals surface area contributed by atoms with Crippen molar-refractivity contribution in [3.63, 3.8) is 0 Å². The first-order valence-electron chi connectivity index (χ1n) is 5.40. The third-order valence-electron chi connectivity index (χ3n) is 2.64. The lowest BCUT2D eigenvalue weighted by Gasteiger charge is -2.39. The highest BCUT2D eigenvalue weighted by molar-refractivity contribution is 6.17. The molecule has 24 heavy (non-hydrogen) atoms. The van der Waals surface area contributed by atoms with Gasteiger partial charge in [0.1, 0.15) is 6.07 Å². The molecule has 0 aliphatic rings. The van der Waals surface area contributed by atoms with Crippen LogP contribution < -0.4 is 0 Å². The molecule has 0 saturated heterocycles. The van der Waals surface area contributed by atoms with Crippen LogP contribution >= 0.6 is 11.6 Å². The van der Waals surface area contributed by atoms with Crippen LogP contribution in [0.3, 0.4) is 0 Å². The Hall–Kier alpha value is -0.660. The van der Waals surface area contributed by atoms with E-state index in [1.165, 1.54) is 0 Å². The summed E-state index contributed by atoms with van der Waals surface area (Å²) in [6.45, 7) is -1.50. The highest BCUT2D eigenvalue weighted by Crippen LogP contribution is 2.60. The summed E-state index contributed by atoms with van der Waals surface area (Å²) in [4.78, 5) is 0.